The molecule has 2 aromatic heterocycles. The lowest BCUT2D eigenvalue weighted by Crippen LogP contribution is -2.26. The number of amides is 1. The number of H-pyrrole nitrogens is 2. The standard InChI is InChI=1S/C12H14N4O2/c1-7-9(8(2)16-15-7)6-13-12(18)10-4-3-5-11(17)14-10/h3-5H,6H2,1-2H3,(H,13,18)(H,14,17)(H,15,16). The molecule has 0 unspecified atom stereocenters. The van der Waals surface area contributed by atoms with E-state index in [1.807, 2.05) is 13.8 Å². The summed E-state index contributed by atoms with van der Waals surface area (Å²) in [6.45, 7) is 4.14. The average Bonchev–Trinajstić information content (AvgIpc) is 2.66. The van der Waals surface area contributed by atoms with Gasteiger partial charge in [0, 0.05) is 23.9 Å². The maximum absolute atomic E-state index is 11.8. The Bertz CT molecular complexity index is 608. The van der Waals surface area contributed by atoms with Gasteiger partial charge < -0.3 is 10.3 Å². The number of hydrogen-bond donors (Lipinski definition) is 3. The van der Waals surface area contributed by atoms with Crippen molar-refractivity contribution in [3.05, 3.63) is 51.2 Å². The van der Waals surface area contributed by atoms with E-state index in [0.717, 1.165) is 17.0 Å². The quantitative estimate of drug-likeness (QED) is 0.742. The monoisotopic (exact) mass is 246 g/mol. The van der Waals surface area contributed by atoms with Gasteiger partial charge in [0.25, 0.3) is 5.91 Å². The maximum Gasteiger partial charge on any atom is 0.268 e. The first-order chi connectivity index (χ1) is 8.58. The Labute approximate surface area is 103 Å². The van der Waals surface area contributed by atoms with E-state index in [0.29, 0.717) is 6.54 Å². The summed E-state index contributed by atoms with van der Waals surface area (Å²) in [6.07, 6.45) is 0. The second kappa shape index (κ2) is 4.87. The van der Waals surface area contributed by atoms with E-state index in [-0.39, 0.29) is 17.2 Å². The lowest BCUT2D eigenvalue weighted by Gasteiger charge is -2.05. The van der Waals surface area contributed by atoms with Crippen molar-refractivity contribution in [3.8, 4) is 0 Å². The van der Waals surface area contributed by atoms with Crippen LogP contribution in [0.3, 0.4) is 0 Å². The highest BCUT2D eigenvalue weighted by Crippen LogP contribution is 2.08. The van der Waals surface area contributed by atoms with Crippen LogP contribution >= 0.6 is 0 Å². The maximum atomic E-state index is 11.8. The van der Waals surface area contributed by atoms with Crippen LogP contribution in [-0.4, -0.2) is 21.1 Å². The van der Waals surface area contributed by atoms with Gasteiger partial charge in [-0.25, -0.2) is 0 Å². The average molecular weight is 246 g/mol. The summed E-state index contributed by atoms with van der Waals surface area (Å²) in [5.41, 5.74) is 2.70. The molecule has 6 heteroatoms. The van der Waals surface area contributed by atoms with Gasteiger partial charge in [-0.15, -0.1) is 0 Å². The molecule has 0 aliphatic carbocycles. The van der Waals surface area contributed by atoms with Gasteiger partial charge in [0.2, 0.25) is 5.56 Å². The predicted molar refractivity (Wildman–Crippen MR) is 66.3 cm³/mol. The van der Waals surface area contributed by atoms with E-state index in [1.165, 1.54) is 6.07 Å². The lowest BCUT2D eigenvalue weighted by molar-refractivity contribution is 0.0945. The van der Waals surface area contributed by atoms with Gasteiger partial charge in [-0.2, -0.15) is 5.10 Å². The minimum absolute atomic E-state index is 0.251. The molecule has 0 saturated carbocycles. The van der Waals surface area contributed by atoms with Crippen LogP contribution in [0.5, 0.6) is 0 Å². The van der Waals surface area contributed by atoms with Gasteiger partial charge in [-0.05, 0) is 19.9 Å². The van der Waals surface area contributed by atoms with Crippen molar-refractivity contribution in [2.45, 2.75) is 20.4 Å². The Hall–Kier alpha value is -2.37. The summed E-state index contributed by atoms with van der Waals surface area (Å²) in [7, 11) is 0. The second-order valence-corrected chi connectivity index (χ2v) is 4.02. The topological polar surface area (TPSA) is 90.6 Å². The Morgan fingerprint density at radius 3 is 2.78 bits per heavy atom. The largest absolute Gasteiger partial charge is 0.347 e. The van der Waals surface area contributed by atoms with Crippen molar-refractivity contribution in [3.63, 3.8) is 0 Å². The Morgan fingerprint density at radius 2 is 2.17 bits per heavy atom. The highest BCUT2D eigenvalue weighted by Gasteiger charge is 2.09. The molecule has 0 aromatic carbocycles. The first-order valence-corrected chi connectivity index (χ1v) is 5.56. The summed E-state index contributed by atoms with van der Waals surface area (Å²) in [4.78, 5) is 25.4. The molecule has 0 aliphatic rings. The van der Waals surface area contributed by atoms with Gasteiger partial charge in [0.05, 0.1) is 5.69 Å². The molecule has 0 aliphatic heterocycles. The van der Waals surface area contributed by atoms with Crippen LogP contribution in [0.25, 0.3) is 0 Å². The lowest BCUT2D eigenvalue weighted by atomic mass is 10.2. The number of carbonyl (C=O) groups excluding carboxylic acids is 1. The van der Waals surface area contributed by atoms with E-state index < -0.39 is 0 Å². The minimum Gasteiger partial charge on any atom is -0.347 e. The predicted octanol–water partition coefficient (Wildman–Crippen LogP) is 0.645. The molecule has 0 atom stereocenters. The second-order valence-electron chi connectivity index (χ2n) is 4.02. The smallest absolute Gasteiger partial charge is 0.268 e. The number of aromatic nitrogens is 3. The summed E-state index contributed by atoms with van der Waals surface area (Å²) < 4.78 is 0. The van der Waals surface area contributed by atoms with E-state index in [9.17, 15) is 9.59 Å². The van der Waals surface area contributed by atoms with Crippen molar-refractivity contribution >= 4 is 5.91 Å². The molecule has 2 rings (SSSR count). The molecule has 0 spiro atoms. The van der Waals surface area contributed by atoms with Crippen LogP contribution in [0.15, 0.2) is 23.0 Å². The van der Waals surface area contributed by atoms with Crippen LogP contribution < -0.4 is 10.9 Å². The molecular formula is C12H14N4O2. The number of aromatic amines is 2. The number of nitrogens with one attached hydrogen (secondary N) is 3. The molecule has 0 fully saturated rings. The number of hydrogen-bond acceptors (Lipinski definition) is 3. The van der Waals surface area contributed by atoms with E-state index in [2.05, 4.69) is 20.5 Å². The summed E-state index contributed by atoms with van der Waals surface area (Å²) >= 11 is 0. The van der Waals surface area contributed by atoms with Crippen molar-refractivity contribution in [2.75, 3.05) is 0 Å². The fraction of sp³-hybridized carbons (Fsp3) is 0.250. The Kier molecular flexibility index (Phi) is 3.27. The Balaban J connectivity index is 2.07. The normalized spacial score (nSPS) is 10.3. The highest BCUT2D eigenvalue weighted by molar-refractivity contribution is 5.92. The third-order valence-corrected chi connectivity index (χ3v) is 2.72. The zero-order valence-corrected chi connectivity index (χ0v) is 10.2. The molecule has 0 radical (unpaired) electrons. The first kappa shape index (κ1) is 12.1. The van der Waals surface area contributed by atoms with E-state index in [4.69, 9.17) is 0 Å². The van der Waals surface area contributed by atoms with Gasteiger partial charge >= 0.3 is 0 Å². The van der Waals surface area contributed by atoms with E-state index in [1.54, 1.807) is 12.1 Å². The number of pyridine rings is 1. The third kappa shape index (κ3) is 2.48. The van der Waals surface area contributed by atoms with Crippen LogP contribution in [0.2, 0.25) is 0 Å². The van der Waals surface area contributed by atoms with Crippen LogP contribution in [0, 0.1) is 13.8 Å². The van der Waals surface area contributed by atoms with Crippen molar-refractivity contribution in [1.29, 1.82) is 0 Å². The van der Waals surface area contributed by atoms with Gasteiger partial charge in [0.15, 0.2) is 0 Å². The van der Waals surface area contributed by atoms with Crippen molar-refractivity contribution in [1.82, 2.24) is 20.5 Å². The summed E-state index contributed by atoms with van der Waals surface area (Å²) in [6, 6.07) is 4.47. The van der Waals surface area contributed by atoms with Crippen LogP contribution in [-0.2, 0) is 6.54 Å². The number of carbonyl (C=O) groups is 1. The SMILES string of the molecule is Cc1n[nH]c(C)c1CNC(=O)c1cccc(=O)[nH]1. The molecule has 0 saturated heterocycles. The first-order valence-electron chi connectivity index (χ1n) is 5.56. The van der Waals surface area contributed by atoms with Crippen LogP contribution in [0.4, 0.5) is 0 Å². The zero-order chi connectivity index (χ0) is 13.1. The minimum atomic E-state index is -0.312. The summed E-state index contributed by atoms with van der Waals surface area (Å²) in [5, 5.41) is 9.64. The summed E-state index contributed by atoms with van der Waals surface area (Å²) in [5.74, 6) is -0.312. The third-order valence-electron chi connectivity index (χ3n) is 2.72. The van der Waals surface area contributed by atoms with Crippen molar-refractivity contribution in [2.24, 2.45) is 0 Å². The van der Waals surface area contributed by atoms with Gasteiger partial charge in [-0.3, -0.25) is 14.7 Å². The number of aryl methyl sites for hydroxylation is 2. The number of rotatable bonds is 3. The van der Waals surface area contributed by atoms with E-state index >= 15 is 0 Å². The molecule has 1 amide bonds. The van der Waals surface area contributed by atoms with Gasteiger partial charge in [0.1, 0.15) is 5.69 Å². The molecule has 94 valence electrons. The molecule has 18 heavy (non-hydrogen) atoms. The fourth-order valence-electron chi connectivity index (χ4n) is 1.68. The highest BCUT2D eigenvalue weighted by atomic mass is 16.2. The molecule has 3 N–H and O–H groups in total. The van der Waals surface area contributed by atoms with Crippen molar-refractivity contribution < 1.29 is 4.79 Å². The molecular weight excluding hydrogens is 232 g/mol. The molecule has 2 aromatic rings. The Morgan fingerprint density at radius 1 is 1.39 bits per heavy atom. The fourth-order valence-corrected chi connectivity index (χ4v) is 1.68. The number of nitrogens with zero attached hydrogens (tertiary/aromatic N) is 1. The molecule has 2 heterocycles. The van der Waals surface area contributed by atoms with Crippen LogP contribution in [0.1, 0.15) is 27.4 Å². The molecule has 6 nitrogen and oxygen atoms in total. The van der Waals surface area contributed by atoms with Gasteiger partial charge in [-0.1, -0.05) is 6.07 Å². The zero-order valence-electron chi connectivity index (χ0n) is 10.2. The molecule has 0 bridgehead atoms.